The second-order valence-corrected chi connectivity index (χ2v) is 12.7. The maximum Gasteiger partial charge on any atom is 0.348 e. The average Bonchev–Trinajstić information content (AvgIpc) is 3.16. The molecule has 0 amide bonds. The van der Waals surface area contributed by atoms with E-state index in [1.54, 1.807) is 24.3 Å². The van der Waals surface area contributed by atoms with Gasteiger partial charge in [-0.05, 0) is 67.7 Å². The van der Waals surface area contributed by atoms with Gasteiger partial charge in [0.1, 0.15) is 5.57 Å². The number of carbonyl (C=O) groups is 2. The lowest BCUT2D eigenvalue weighted by Crippen LogP contribution is -2.63. The second-order valence-electron chi connectivity index (χ2n) is 12.7. The molecule has 0 aromatic heterocycles. The third-order valence-corrected chi connectivity index (χ3v) is 10.0. The number of hydrogen-bond acceptors (Lipinski definition) is 5. The summed E-state index contributed by atoms with van der Waals surface area (Å²) in [7, 11) is 0. The summed E-state index contributed by atoms with van der Waals surface area (Å²) in [5.74, 6) is -11.9. The maximum atomic E-state index is 14.7. The summed E-state index contributed by atoms with van der Waals surface area (Å²) in [6.45, 7) is 2.94. The number of fused-ring (bicyclic) bond motifs is 1. The Kier molecular flexibility index (Phi) is 5.92. The molecule has 0 unspecified atom stereocenters. The van der Waals surface area contributed by atoms with Crippen LogP contribution in [0.25, 0.3) is 0 Å². The largest absolute Gasteiger partial charge is 0.418 e. The number of benzene rings is 2. The molecule has 0 atom stereocenters. The molecule has 2 aromatic carbocycles. The number of anilines is 1. The molecule has 4 aliphatic carbocycles. The van der Waals surface area contributed by atoms with Crippen LogP contribution in [0.2, 0.25) is 0 Å². The smallest absolute Gasteiger partial charge is 0.348 e. The summed E-state index contributed by atoms with van der Waals surface area (Å²) < 4.78 is 83.2. The molecule has 5 fully saturated rings. The van der Waals surface area contributed by atoms with Crippen LogP contribution in [-0.2, 0) is 31.0 Å². The van der Waals surface area contributed by atoms with Crippen molar-refractivity contribution in [3.05, 3.63) is 87.9 Å². The zero-order chi connectivity index (χ0) is 29.7. The number of nitrogens with zero attached hydrogens (tertiary/aromatic N) is 1. The van der Waals surface area contributed by atoms with E-state index in [0.717, 1.165) is 31.2 Å². The summed E-state index contributed by atoms with van der Waals surface area (Å²) in [4.78, 5) is 28.0. The van der Waals surface area contributed by atoms with E-state index in [-0.39, 0.29) is 17.4 Å². The van der Waals surface area contributed by atoms with E-state index in [9.17, 15) is 31.5 Å². The fourth-order valence-corrected chi connectivity index (χ4v) is 8.24. The summed E-state index contributed by atoms with van der Waals surface area (Å²) in [5.41, 5.74) is -0.585. The quantitative estimate of drug-likeness (QED) is 0.0998. The number of carbonyl (C=O) groups excluding carboxylic acids is 2. The highest BCUT2D eigenvalue weighted by Gasteiger charge is 2.64. The van der Waals surface area contributed by atoms with Crippen LogP contribution in [0.3, 0.4) is 0 Å². The van der Waals surface area contributed by atoms with E-state index in [1.165, 1.54) is 23.5 Å². The molecule has 0 radical (unpaired) electrons. The van der Waals surface area contributed by atoms with Crippen LogP contribution in [0.5, 0.6) is 0 Å². The van der Waals surface area contributed by atoms with Gasteiger partial charge in [-0.15, -0.1) is 0 Å². The minimum absolute atomic E-state index is 0.0263. The Balaban J connectivity index is 1.25. The molecule has 8 rings (SSSR count). The van der Waals surface area contributed by atoms with Gasteiger partial charge < -0.3 is 14.4 Å². The normalized spacial score (nSPS) is 31.5. The molecule has 42 heavy (non-hydrogen) atoms. The van der Waals surface area contributed by atoms with Crippen LogP contribution >= 0.6 is 0 Å². The molecule has 2 aromatic rings. The monoisotopic (exact) mass is 585 g/mol. The molecule has 2 heterocycles. The van der Waals surface area contributed by atoms with Crippen molar-refractivity contribution in [3.8, 4) is 0 Å². The van der Waals surface area contributed by atoms with Gasteiger partial charge in [-0.2, -0.15) is 0 Å². The summed E-state index contributed by atoms with van der Waals surface area (Å²) in [6, 6.07) is 6.89. The van der Waals surface area contributed by atoms with Gasteiger partial charge in [0.05, 0.1) is 6.54 Å². The van der Waals surface area contributed by atoms with Crippen molar-refractivity contribution in [2.24, 2.45) is 23.7 Å². The van der Waals surface area contributed by atoms with Crippen LogP contribution in [-0.4, -0.2) is 17.7 Å². The van der Waals surface area contributed by atoms with E-state index in [0.29, 0.717) is 23.2 Å². The van der Waals surface area contributed by atoms with Gasteiger partial charge >= 0.3 is 11.9 Å². The van der Waals surface area contributed by atoms with E-state index in [4.69, 9.17) is 9.47 Å². The predicted molar refractivity (Wildman–Crippen MR) is 140 cm³/mol. The number of para-hydroxylation sites is 1. The first-order valence-corrected chi connectivity index (χ1v) is 14.2. The number of halogens is 5. The van der Waals surface area contributed by atoms with Crippen molar-refractivity contribution in [1.29, 1.82) is 0 Å². The third kappa shape index (κ3) is 3.72. The number of hydrogen-bond donors (Lipinski definition) is 0. The molecular weight excluding hydrogens is 557 g/mol. The lowest BCUT2D eigenvalue weighted by Gasteiger charge is -2.59. The van der Waals surface area contributed by atoms with E-state index in [2.05, 4.69) is 0 Å². The first kappa shape index (κ1) is 27.2. The van der Waals surface area contributed by atoms with Crippen molar-refractivity contribution in [2.45, 2.75) is 63.7 Å². The van der Waals surface area contributed by atoms with Crippen LogP contribution in [0.4, 0.5) is 27.6 Å². The minimum atomic E-state index is -2.23. The van der Waals surface area contributed by atoms with Crippen LogP contribution in [0.1, 0.15) is 57.1 Å². The van der Waals surface area contributed by atoms with Gasteiger partial charge in [0.2, 0.25) is 5.82 Å². The van der Waals surface area contributed by atoms with Gasteiger partial charge in [0.25, 0.3) is 5.79 Å². The van der Waals surface area contributed by atoms with Crippen LogP contribution in [0.15, 0.2) is 47.7 Å². The Morgan fingerprint density at radius 2 is 1.31 bits per heavy atom. The molecule has 4 bridgehead atoms. The molecular formula is C32H28F5NO4. The third-order valence-electron chi connectivity index (χ3n) is 10.0. The highest BCUT2D eigenvalue weighted by atomic mass is 19.2. The highest BCUT2D eigenvalue weighted by molar-refractivity contribution is 6.15. The van der Waals surface area contributed by atoms with Gasteiger partial charge in [-0.25, -0.2) is 31.5 Å². The maximum absolute atomic E-state index is 14.7. The van der Waals surface area contributed by atoms with Gasteiger partial charge in [0, 0.05) is 34.2 Å². The lowest BCUT2D eigenvalue weighted by atomic mass is 9.53. The molecule has 5 nitrogen and oxygen atoms in total. The highest BCUT2D eigenvalue weighted by Crippen LogP contribution is 2.61. The standard InChI is InChI=1S/C32H28F5NO4/c1-31(2)21-5-3-4-6-22(21)38(14-20-24(33)26(35)28(37)27(36)25(20)34)23(31)8-7-19-29(39)41-32(42-30(19)40)17-10-15-9-16(12-17)13-18(32)11-15/h3-8,15-18H,9-14H2,1-2H3. The van der Waals surface area contributed by atoms with Crippen molar-refractivity contribution < 1.29 is 41.0 Å². The summed E-state index contributed by atoms with van der Waals surface area (Å²) in [6.07, 6.45) is 7.29. The molecule has 0 N–H and O–H groups in total. The molecule has 2 aliphatic heterocycles. The zero-order valence-electron chi connectivity index (χ0n) is 23.0. The molecule has 1 saturated heterocycles. The van der Waals surface area contributed by atoms with Gasteiger partial charge in [-0.1, -0.05) is 32.0 Å². The number of ether oxygens (including phenoxy) is 2. The Morgan fingerprint density at radius 1 is 0.786 bits per heavy atom. The molecule has 220 valence electrons. The van der Waals surface area contributed by atoms with Gasteiger partial charge in [-0.3, -0.25) is 0 Å². The van der Waals surface area contributed by atoms with Crippen molar-refractivity contribution in [1.82, 2.24) is 0 Å². The molecule has 6 aliphatic rings. The molecule has 4 saturated carbocycles. The number of rotatable bonds is 3. The summed E-state index contributed by atoms with van der Waals surface area (Å²) >= 11 is 0. The first-order valence-electron chi connectivity index (χ1n) is 14.2. The first-order chi connectivity index (χ1) is 19.9. The molecule has 1 spiro atoms. The van der Waals surface area contributed by atoms with Crippen LogP contribution < -0.4 is 4.90 Å². The topological polar surface area (TPSA) is 55.8 Å². The fourth-order valence-electron chi connectivity index (χ4n) is 8.24. The second kappa shape index (κ2) is 9.15. The lowest BCUT2D eigenvalue weighted by molar-refractivity contribution is -0.313. The minimum Gasteiger partial charge on any atom is -0.418 e. The van der Waals surface area contributed by atoms with E-state index in [1.807, 2.05) is 13.8 Å². The summed E-state index contributed by atoms with van der Waals surface area (Å²) in [5, 5.41) is 0. The fraction of sp³-hybridized carbons (Fsp3) is 0.438. The zero-order valence-corrected chi connectivity index (χ0v) is 23.0. The van der Waals surface area contributed by atoms with Crippen LogP contribution in [0, 0.1) is 52.8 Å². The SMILES string of the molecule is CC1(C)C(=CC=C2C(=O)OC3(OC2=O)C2CC4CC(C2)CC3C4)N(Cc2c(F)c(F)c(F)c(F)c2F)c2ccccc21. The van der Waals surface area contributed by atoms with E-state index < -0.39 is 64.3 Å². The average molecular weight is 586 g/mol. The Morgan fingerprint density at radius 3 is 1.88 bits per heavy atom. The van der Waals surface area contributed by atoms with E-state index >= 15 is 0 Å². The Labute approximate surface area is 239 Å². The predicted octanol–water partition coefficient (Wildman–Crippen LogP) is 6.74. The van der Waals surface area contributed by atoms with Gasteiger partial charge in [0.15, 0.2) is 23.3 Å². The van der Waals surface area contributed by atoms with Crippen molar-refractivity contribution in [2.75, 3.05) is 4.90 Å². The molecule has 10 heteroatoms. The Bertz CT molecular complexity index is 1530. The van der Waals surface area contributed by atoms with Crippen molar-refractivity contribution >= 4 is 17.6 Å². The van der Waals surface area contributed by atoms with Crippen molar-refractivity contribution in [3.63, 3.8) is 0 Å². The number of esters is 2. The number of allylic oxidation sites excluding steroid dienone is 3. The Hall–Kier alpha value is -3.69.